The third kappa shape index (κ3) is 13.2. The highest BCUT2D eigenvalue weighted by Gasteiger charge is 2.28. The minimum Gasteiger partial charge on any atom is -0.418 e. The number of nitrogens with zero attached hydrogens (tertiary/aromatic N) is 1. The van der Waals surface area contributed by atoms with Gasteiger partial charge in [0.2, 0.25) is 0 Å². The number of carbonyl (C=O) groups is 2. The molecule has 1 saturated heterocycles. The molecule has 1 heterocycles. The molecule has 0 aromatic rings. The van der Waals surface area contributed by atoms with Crippen molar-refractivity contribution in [3.8, 4) is 0 Å². The van der Waals surface area contributed by atoms with E-state index in [1.54, 1.807) is 0 Å². The topological polar surface area (TPSA) is 66.5 Å². The minimum absolute atomic E-state index is 0.0833. The van der Waals surface area contributed by atoms with Crippen LogP contribution in [0.2, 0.25) is 19.1 Å². The van der Waals surface area contributed by atoms with E-state index < -0.39 is 20.1 Å². The van der Waals surface area contributed by atoms with E-state index in [0.717, 1.165) is 6.61 Å². The van der Waals surface area contributed by atoms with Crippen LogP contribution in [0.25, 0.3) is 0 Å². The van der Waals surface area contributed by atoms with Crippen LogP contribution in [0, 0.1) is 0 Å². The quantitative estimate of drug-likeness (QED) is 0.267. The Bertz CT molecular complexity index is 358. The highest BCUT2D eigenvalue weighted by Crippen LogP contribution is 2.17. The maximum atomic E-state index is 10.2. The van der Waals surface area contributed by atoms with Crippen LogP contribution in [-0.4, -0.2) is 31.8 Å². The summed E-state index contributed by atoms with van der Waals surface area (Å²) in [6, 6.07) is 1.34. The Morgan fingerprint density at radius 3 is 1.64 bits per heavy atom. The van der Waals surface area contributed by atoms with Gasteiger partial charge in [0.1, 0.15) is 0 Å². The number of hydrogen-bond acceptors (Lipinski definition) is 3. The van der Waals surface area contributed by atoms with Gasteiger partial charge in [-0.1, -0.05) is 69.9 Å². The van der Waals surface area contributed by atoms with Crippen molar-refractivity contribution in [2.24, 2.45) is 0 Å². The summed E-state index contributed by atoms with van der Waals surface area (Å²) >= 11 is 0. The molecule has 2 amide bonds. The van der Waals surface area contributed by atoms with Gasteiger partial charge in [-0.3, -0.25) is 9.59 Å². The van der Waals surface area contributed by atoms with Crippen molar-refractivity contribution >= 4 is 20.1 Å². The lowest BCUT2D eigenvalue weighted by Gasteiger charge is -2.21. The van der Waals surface area contributed by atoms with Crippen molar-refractivity contribution in [1.82, 2.24) is 5.06 Å². The number of hydrogen-bond donors (Lipinski definition) is 0. The van der Waals surface area contributed by atoms with Crippen molar-refractivity contribution < 1.29 is 19.2 Å². The zero-order chi connectivity index (χ0) is 19.1. The highest BCUT2D eigenvalue weighted by atomic mass is 28.4. The molecule has 0 aromatic carbocycles. The maximum Gasteiger partial charge on any atom is 0.256 e. The predicted octanol–water partition coefficient (Wildman–Crippen LogP) is 5.24. The number of amides is 2. The Labute approximate surface area is 155 Å². The van der Waals surface area contributed by atoms with Gasteiger partial charge in [0.15, 0.2) is 8.32 Å². The molecule has 1 aliphatic rings. The van der Waals surface area contributed by atoms with Gasteiger partial charge in [0.05, 0.1) is 0 Å². The Kier molecular flexibility index (Phi) is 14.0. The number of rotatable bonds is 12. The van der Waals surface area contributed by atoms with Crippen molar-refractivity contribution in [2.45, 2.75) is 104 Å². The second kappa shape index (κ2) is 14.4. The van der Waals surface area contributed by atoms with E-state index in [4.69, 9.17) is 4.43 Å². The molecule has 0 unspecified atom stereocenters. The van der Waals surface area contributed by atoms with E-state index in [2.05, 4.69) is 26.9 Å². The average Bonchev–Trinajstić information content (AvgIpc) is 2.85. The number of imide groups is 1. The Morgan fingerprint density at radius 2 is 1.28 bits per heavy atom. The first kappa shape index (κ1) is 24.3. The number of carbonyl (C=O) groups excluding carboxylic acids is 2. The van der Waals surface area contributed by atoms with Crippen LogP contribution in [-0.2, 0) is 19.2 Å². The Morgan fingerprint density at radius 1 is 0.840 bits per heavy atom. The zero-order valence-corrected chi connectivity index (χ0v) is 17.8. The first-order valence-electron chi connectivity index (χ1n) is 10.0. The maximum absolute atomic E-state index is 10.2. The molecule has 0 aromatic heterocycles. The molecular formula is C19H38NO4Si. The summed E-state index contributed by atoms with van der Waals surface area (Å²) in [5.41, 5.74) is 0. The van der Waals surface area contributed by atoms with Gasteiger partial charge in [-0.25, -0.2) is 0 Å². The molecule has 1 fully saturated rings. The lowest BCUT2D eigenvalue weighted by Crippen LogP contribution is -2.29. The second-order valence-corrected chi connectivity index (χ2v) is 11.7. The lowest BCUT2D eigenvalue weighted by molar-refractivity contribution is -0.187. The van der Waals surface area contributed by atoms with Gasteiger partial charge < -0.3 is 4.43 Å². The molecule has 0 atom stereocenters. The summed E-state index contributed by atoms with van der Waals surface area (Å²) in [4.78, 5) is 20.4. The molecule has 5 nitrogen and oxygen atoms in total. The summed E-state index contributed by atoms with van der Waals surface area (Å²) in [6.07, 6.45) is 13.0. The van der Waals surface area contributed by atoms with Gasteiger partial charge in [0.25, 0.3) is 11.8 Å². The fourth-order valence-electron chi connectivity index (χ4n) is 2.88. The lowest BCUT2D eigenvalue weighted by atomic mass is 10.1. The molecule has 1 rings (SSSR count). The third-order valence-corrected chi connectivity index (χ3v) is 7.05. The summed E-state index contributed by atoms with van der Waals surface area (Å²) in [7, 11) is -1.29. The summed E-state index contributed by atoms with van der Waals surface area (Å²) in [5.74, 6) is -1.23. The van der Waals surface area contributed by atoms with Crippen molar-refractivity contribution in [3.05, 3.63) is 0 Å². The first-order valence-corrected chi connectivity index (χ1v) is 13.1. The number of hydroxylamine groups is 2. The van der Waals surface area contributed by atoms with E-state index in [0.29, 0.717) is 0 Å². The third-order valence-electron chi connectivity index (χ3n) is 4.42. The second-order valence-electron chi connectivity index (χ2n) is 7.35. The normalized spacial score (nSPS) is 14.7. The molecule has 1 aliphatic heterocycles. The number of unbranched alkanes of at least 4 members (excludes halogenated alkanes) is 8. The molecule has 0 N–H and O–H groups in total. The van der Waals surface area contributed by atoms with Gasteiger partial charge in [-0.2, -0.15) is 0 Å². The smallest absolute Gasteiger partial charge is 0.256 e. The van der Waals surface area contributed by atoms with Crippen LogP contribution in [0.4, 0.5) is 0 Å². The SMILES string of the molecule is CCCCCCCCCCC[Si](C)(C)OCC.[O]N1C(=O)CCC1=O. The zero-order valence-electron chi connectivity index (χ0n) is 16.8. The van der Waals surface area contributed by atoms with Crippen LogP contribution in [0.1, 0.15) is 84.5 Å². The van der Waals surface area contributed by atoms with Crippen LogP contribution in [0.3, 0.4) is 0 Å². The fraction of sp³-hybridized carbons (Fsp3) is 0.895. The van der Waals surface area contributed by atoms with E-state index in [9.17, 15) is 14.8 Å². The molecule has 0 saturated carbocycles. The van der Waals surface area contributed by atoms with Crippen LogP contribution >= 0.6 is 0 Å². The molecular weight excluding hydrogens is 334 g/mol. The van der Waals surface area contributed by atoms with Crippen LogP contribution in [0.15, 0.2) is 0 Å². The molecule has 6 heteroatoms. The summed E-state index contributed by atoms with van der Waals surface area (Å²) in [5, 5.41) is 10.0. The van der Waals surface area contributed by atoms with Crippen molar-refractivity contribution in [1.29, 1.82) is 0 Å². The first-order chi connectivity index (χ1) is 11.8. The Balaban J connectivity index is 0.000000593. The summed E-state index contributed by atoms with van der Waals surface area (Å²) < 4.78 is 5.84. The highest BCUT2D eigenvalue weighted by molar-refractivity contribution is 6.71. The van der Waals surface area contributed by atoms with E-state index in [1.807, 2.05) is 0 Å². The van der Waals surface area contributed by atoms with Crippen molar-refractivity contribution in [3.63, 3.8) is 0 Å². The standard InChI is InChI=1S/C15H34OSi.C4H4NO3/c1-5-7-8-9-10-11-12-13-14-15-17(3,4)16-6-2;6-3-1-2-4(7)5(3)8/h5-15H2,1-4H3;1-2H2. The largest absolute Gasteiger partial charge is 0.418 e. The van der Waals surface area contributed by atoms with Gasteiger partial charge in [-0.15, -0.1) is 5.06 Å². The summed E-state index contributed by atoms with van der Waals surface area (Å²) in [6.45, 7) is 9.99. The monoisotopic (exact) mass is 372 g/mol. The van der Waals surface area contributed by atoms with E-state index in [1.165, 1.54) is 63.8 Å². The van der Waals surface area contributed by atoms with E-state index in [-0.39, 0.29) is 17.9 Å². The molecule has 0 aliphatic carbocycles. The molecule has 25 heavy (non-hydrogen) atoms. The van der Waals surface area contributed by atoms with Crippen LogP contribution in [0.5, 0.6) is 0 Å². The Hall–Kier alpha value is -0.723. The molecule has 0 bridgehead atoms. The molecule has 1 radical (unpaired) electrons. The fourth-order valence-corrected chi connectivity index (χ4v) is 4.91. The minimum atomic E-state index is -1.29. The predicted molar refractivity (Wildman–Crippen MR) is 103 cm³/mol. The molecule has 147 valence electrons. The van der Waals surface area contributed by atoms with Gasteiger partial charge in [0, 0.05) is 19.4 Å². The van der Waals surface area contributed by atoms with E-state index >= 15 is 0 Å². The van der Waals surface area contributed by atoms with Gasteiger partial charge >= 0.3 is 0 Å². The van der Waals surface area contributed by atoms with Crippen molar-refractivity contribution in [2.75, 3.05) is 6.61 Å². The van der Waals surface area contributed by atoms with Gasteiger partial charge in [-0.05, 0) is 26.1 Å². The van der Waals surface area contributed by atoms with Crippen LogP contribution < -0.4 is 0 Å². The molecule has 0 spiro atoms. The average molecular weight is 373 g/mol.